The molecule has 0 aromatic heterocycles. The van der Waals surface area contributed by atoms with Crippen LogP contribution in [-0.2, 0) is 0 Å². The van der Waals surface area contributed by atoms with Crippen molar-refractivity contribution in [2.24, 2.45) is 11.8 Å². The summed E-state index contributed by atoms with van der Waals surface area (Å²) in [4.78, 5) is 0. The SMILES string of the molecule is Cc1cc(Br)ccc1NC1CCC(C)CC1C. The normalized spacial score (nSPS) is 29.1. The van der Waals surface area contributed by atoms with Crippen LogP contribution in [0.2, 0.25) is 0 Å². The molecule has 3 unspecified atom stereocenters. The molecule has 0 spiro atoms. The van der Waals surface area contributed by atoms with E-state index in [1.54, 1.807) is 0 Å². The molecular weight excluding hydrogens is 274 g/mol. The molecule has 2 heteroatoms. The van der Waals surface area contributed by atoms with Crippen LogP contribution in [0.15, 0.2) is 22.7 Å². The summed E-state index contributed by atoms with van der Waals surface area (Å²) in [5.74, 6) is 1.68. The van der Waals surface area contributed by atoms with Gasteiger partial charge in [-0.05, 0) is 61.8 Å². The molecule has 1 nitrogen and oxygen atoms in total. The minimum atomic E-state index is 0.645. The number of hydrogen-bond donors (Lipinski definition) is 1. The van der Waals surface area contributed by atoms with Crippen LogP contribution in [0.25, 0.3) is 0 Å². The Morgan fingerprint density at radius 1 is 1.24 bits per heavy atom. The van der Waals surface area contributed by atoms with E-state index in [1.807, 2.05) is 0 Å². The molecule has 1 aliphatic carbocycles. The number of halogens is 1. The van der Waals surface area contributed by atoms with Crippen molar-refractivity contribution in [2.45, 2.75) is 46.1 Å². The summed E-state index contributed by atoms with van der Waals surface area (Å²) in [5, 5.41) is 3.73. The molecule has 17 heavy (non-hydrogen) atoms. The van der Waals surface area contributed by atoms with Crippen molar-refractivity contribution in [3.63, 3.8) is 0 Å². The van der Waals surface area contributed by atoms with Gasteiger partial charge in [-0.25, -0.2) is 0 Å². The van der Waals surface area contributed by atoms with Crippen molar-refractivity contribution in [3.05, 3.63) is 28.2 Å². The van der Waals surface area contributed by atoms with E-state index in [9.17, 15) is 0 Å². The minimum absolute atomic E-state index is 0.645. The predicted molar refractivity (Wildman–Crippen MR) is 78.5 cm³/mol. The van der Waals surface area contributed by atoms with E-state index in [4.69, 9.17) is 0 Å². The molecule has 0 aliphatic heterocycles. The number of anilines is 1. The van der Waals surface area contributed by atoms with Crippen LogP contribution in [0.4, 0.5) is 5.69 Å². The largest absolute Gasteiger partial charge is 0.382 e. The third-order valence-electron chi connectivity index (χ3n) is 3.96. The zero-order valence-electron chi connectivity index (χ0n) is 11.0. The van der Waals surface area contributed by atoms with Crippen LogP contribution in [0.1, 0.15) is 38.7 Å². The Kier molecular flexibility index (Phi) is 4.13. The van der Waals surface area contributed by atoms with Gasteiger partial charge in [0.05, 0.1) is 0 Å². The van der Waals surface area contributed by atoms with E-state index in [1.165, 1.54) is 30.5 Å². The second-order valence-corrected chi connectivity index (χ2v) is 6.52. The standard InChI is InChI=1S/C15H22BrN/c1-10-4-6-14(11(2)8-10)17-15-7-5-13(16)9-12(15)3/h5,7,9-11,14,17H,4,6,8H2,1-3H3. The van der Waals surface area contributed by atoms with Crippen LogP contribution in [0, 0.1) is 18.8 Å². The Balaban J connectivity index is 2.05. The van der Waals surface area contributed by atoms with Crippen molar-refractivity contribution in [1.29, 1.82) is 0 Å². The first-order valence-electron chi connectivity index (χ1n) is 6.59. The van der Waals surface area contributed by atoms with Crippen molar-refractivity contribution in [1.82, 2.24) is 0 Å². The Labute approximate surface area is 113 Å². The Morgan fingerprint density at radius 3 is 2.65 bits per heavy atom. The predicted octanol–water partition coefficient (Wildman–Crippen LogP) is 4.99. The summed E-state index contributed by atoms with van der Waals surface area (Å²) in [6.07, 6.45) is 4.02. The average molecular weight is 296 g/mol. The van der Waals surface area contributed by atoms with Crippen molar-refractivity contribution < 1.29 is 0 Å². The van der Waals surface area contributed by atoms with Gasteiger partial charge in [0.1, 0.15) is 0 Å². The highest BCUT2D eigenvalue weighted by Crippen LogP contribution is 2.31. The molecule has 1 N–H and O–H groups in total. The highest BCUT2D eigenvalue weighted by Gasteiger charge is 2.25. The molecule has 0 amide bonds. The van der Waals surface area contributed by atoms with Gasteiger partial charge in [-0.3, -0.25) is 0 Å². The minimum Gasteiger partial charge on any atom is -0.382 e. The van der Waals surface area contributed by atoms with Crippen LogP contribution < -0.4 is 5.32 Å². The molecule has 0 radical (unpaired) electrons. The van der Waals surface area contributed by atoms with Crippen LogP contribution in [-0.4, -0.2) is 6.04 Å². The van der Waals surface area contributed by atoms with Gasteiger partial charge in [0.25, 0.3) is 0 Å². The zero-order chi connectivity index (χ0) is 12.4. The smallest absolute Gasteiger partial charge is 0.0372 e. The van der Waals surface area contributed by atoms with Crippen molar-refractivity contribution >= 4 is 21.6 Å². The maximum absolute atomic E-state index is 3.73. The van der Waals surface area contributed by atoms with Crippen molar-refractivity contribution in [2.75, 3.05) is 5.32 Å². The van der Waals surface area contributed by atoms with Gasteiger partial charge in [-0.1, -0.05) is 29.8 Å². The molecule has 2 rings (SSSR count). The van der Waals surface area contributed by atoms with Gasteiger partial charge >= 0.3 is 0 Å². The lowest BCUT2D eigenvalue weighted by atomic mass is 9.80. The molecule has 0 saturated heterocycles. The second kappa shape index (κ2) is 5.43. The lowest BCUT2D eigenvalue weighted by Crippen LogP contribution is -2.33. The van der Waals surface area contributed by atoms with E-state index in [2.05, 4.69) is 60.2 Å². The summed E-state index contributed by atoms with van der Waals surface area (Å²) >= 11 is 3.51. The van der Waals surface area contributed by atoms with Gasteiger partial charge < -0.3 is 5.32 Å². The summed E-state index contributed by atoms with van der Waals surface area (Å²) in [6.45, 7) is 6.92. The lowest BCUT2D eigenvalue weighted by molar-refractivity contribution is 0.276. The quantitative estimate of drug-likeness (QED) is 0.810. The lowest BCUT2D eigenvalue weighted by Gasteiger charge is -2.34. The number of aryl methyl sites for hydroxylation is 1. The fourth-order valence-corrected chi connectivity index (χ4v) is 3.34. The van der Waals surface area contributed by atoms with E-state index in [0.29, 0.717) is 6.04 Å². The summed E-state index contributed by atoms with van der Waals surface area (Å²) in [5.41, 5.74) is 2.62. The molecule has 1 aliphatic rings. The van der Waals surface area contributed by atoms with Gasteiger partial charge in [0.2, 0.25) is 0 Å². The Morgan fingerprint density at radius 2 is 2.00 bits per heavy atom. The molecule has 94 valence electrons. The molecule has 1 aromatic rings. The highest BCUT2D eigenvalue weighted by atomic mass is 79.9. The molecule has 1 fully saturated rings. The van der Waals surface area contributed by atoms with Gasteiger partial charge in [0.15, 0.2) is 0 Å². The highest BCUT2D eigenvalue weighted by molar-refractivity contribution is 9.10. The summed E-state index contributed by atoms with van der Waals surface area (Å²) < 4.78 is 1.16. The van der Waals surface area contributed by atoms with Gasteiger partial charge in [-0.15, -0.1) is 0 Å². The van der Waals surface area contributed by atoms with Gasteiger partial charge in [0, 0.05) is 16.2 Å². The number of rotatable bonds is 2. The maximum Gasteiger partial charge on any atom is 0.0372 e. The first kappa shape index (κ1) is 12.9. The number of nitrogens with one attached hydrogen (secondary N) is 1. The summed E-state index contributed by atoms with van der Waals surface area (Å²) in [7, 11) is 0. The molecular formula is C15H22BrN. The van der Waals surface area contributed by atoms with E-state index >= 15 is 0 Å². The molecule has 1 aromatic carbocycles. The third-order valence-corrected chi connectivity index (χ3v) is 4.45. The fraction of sp³-hybridized carbons (Fsp3) is 0.600. The van der Waals surface area contributed by atoms with Crippen LogP contribution in [0.5, 0.6) is 0 Å². The van der Waals surface area contributed by atoms with E-state index < -0.39 is 0 Å². The first-order chi connectivity index (χ1) is 8.06. The Bertz CT molecular complexity index is 389. The van der Waals surface area contributed by atoms with Gasteiger partial charge in [-0.2, -0.15) is 0 Å². The number of hydrogen-bond acceptors (Lipinski definition) is 1. The molecule has 3 atom stereocenters. The summed E-state index contributed by atoms with van der Waals surface area (Å²) in [6, 6.07) is 7.12. The maximum atomic E-state index is 3.73. The van der Waals surface area contributed by atoms with Crippen LogP contribution >= 0.6 is 15.9 Å². The Hall–Kier alpha value is -0.500. The van der Waals surface area contributed by atoms with Crippen LogP contribution in [0.3, 0.4) is 0 Å². The van der Waals surface area contributed by atoms with Crippen molar-refractivity contribution in [3.8, 4) is 0 Å². The molecule has 0 bridgehead atoms. The first-order valence-corrected chi connectivity index (χ1v) is 7.38. The molecule has 0 heterocycles. The third kappa shape index (κ3) is 3.25. The fourth-order valence-electron chi connectivity index (χ4n) is 2.87. The van der Waals surface area contributed by atoms with E-state index in [-0.39, 0.29) is 0 Å². The topological polar surface area (TPSA) is 12.0 Å². The second-order valence-electron chi connectivity index (χ2n) is 5.61. The average Bonchev–Trinajstić information content (AvgIpc) is 2.25. The molecule has 1 saturated carbocycles. The zero-order valence-corrected chi connectivity index (χ0v) is 12.5. The van der Waals surface area contributed by atoms with E-state index in [0.717, 1.165) is 16.3 Å². The number of benzene rings is 1. The monoisotopic (exact) mass is 295 g/mol.